The molecule has 1 saturated heterocycles. The maximum absolute atomic E-state index is 13.1. The van der Waals surface area contributed by atoms with Gasteiger partial charge in [0.05, 0.1) is 0 Å². The van der Waals surface area contributed by atoms with Gasteiger partial charge in [-0.2, -0.15) is 13.2 Å². The fraction of sp³-hybridized carbons (Fsp3) is 0.500. The molecular formula is C12H14F3N. The Morgan fingerprint density at radius 1 is 1.19 bits per heavy atom. The average molecular weight is 229 g/mol. The fourth-order valence-electron chi connectivity index (χ4n) is 2.23. The van der Waals surface area contributed by atoms with Crippen LogP contribution in [0.25, 0.3) is 0 Å². The summed E-state index contributed by atoms with van der Waals surface area (Å²) in [6.45, 7) is 2.29. The van der Waals surface area contributed by atoms with Crippen LogP contribution in [0.2, 0.25) is 0 Å². The second-order valence-electron chi connectivity index (χ2n) is 4.30. The van der Waals surface area contributed by atoms with Gasteiger partial charge in [-0.1, -0.05) is 29.8 Å². The lowest BCUT2D eigenvalue weighted by Gasteiger charge is -2.32. The highest BCUT2D eigenvalue weighted by atomic mass is 19.4. The van der Waals surface area contributed by atoms with Crippen molar-refractivity contribution in [3.8, 4) is 0 Å². The Morgan fingerprint density at radius 2 is 1.81 bits per heavy atom. The molecule has 4 heteroatoms. The Hall–Kier alpha value is -1.03. The van der Waals surface area contributed by atoms with E-state index in [1.165, 1.54) is 0 Å². The Bertz CT molecular complexity index is 361. The second kappa shape index (κ2) is 3.77. The molecule has 2 rings (SSSR count). The number of rotatable bonds is 1. The number of aryl methyl sites for hydroxylation is 1. The minimum Gasteiger partial charge on any atom is -0.300 e. The number of hydrogen-bond donors (Lipinski definition) is 1. The summed E-state index contributed by atoms with van der Waals surface area (Å²) >= 11 is 0. The van der Waals surface area contributed by atoms with Crippen molar-refractivity contribution in [2.24, 2.45) is 0 Å². The van der Waals surface area contributed by atoms with Crippen molar-refractivity contribution in [2.75, 3.05) is 6.54 Å². The van der Waals surface area contributed by atoms with Gasteiger partial charge in [0.1, 0.15) is 5.54 Å². The first-order valence-corrected chi connectivity index (χ1v) is 5.35. The minimum absolute atomic E-state index is 0.125. The van der Waals surface area contributed by atoms with Gasteiger partial charge < -0.3 is 0 Å². The van der Waals surface area contributed by atoms with Gasteiger partial charge in [-0.05, 0) is 31.9 Å². The molecule has 1 atom stereocenters. The summed E-state index contributed by atoms with van der Waals surface area (Å²) in [6, 6.07) is 6.59. The van der Waals surface area contributed by atoms with Crippen LogP contribution in [0.3, 0.4) is 0 Å². The molecule has 16 heavy (non-hydrogen) atoms. The quantitative estimate of drug-likeness (QED) is 0.780. The molecule has 1 fully saturated rings. The van der Waals surface area contributed by atoms with E-state index in [4.69, 9.17) is 0 Å². The number of halogens is 3. The van der Waals surface area contributed by atoms with Crippen molar-refractivity contribution in [1.29, 1.82) is 0 Å². The van der Waals surface area contributed by atoms with Crippen LogP contribution in [-0.4, -0.2) is 12.7 Å². The molecule has 1 aliphatic rings. The summed E-state index contributed by atoms with van der Waals surface area (Å²) in [5.74, 6) is 0. The lowest BCUT2D eigenvalue weighted by molar-refractivity contribution is -0.196. The highest BCUT2D eigenvalue weighted by molar-refractivity contribution is 5.30. The van der Waals surface area contributed by atoms with E-state index >= 15 is 0 Å². The molecule has 0 amide bonds. The van der Waals surface area contributed by atoms with Crippen LogP contribution in [-0.2, 0) is 5.54 Å². The van der Waals surface area contributed by atoms with E-state index in [9.17, 15) is 13.2 Å². The van der Waals surface area contributed by atoms with Crippen molar-refractivity contribution in [3.63, 3.8) is 0 Å². The Balaban J connectivity index is 2.44. The molecule has 0 bridgehead atoms. The number of nitrogens with one attached hydrogen (secondary N) is 1. The molecule has 1 aromatic carbocycles. The average Bonchev–Trinajstić information content (AvgIpc) is 2.68. The van der Waals surface area contributed by atoms with Gasteiger partial charge in [0, 0.05) is 0 Å². The molecule has 1 aromatic rings. The molecule has 1 N–H and O–H groups in total. The van der Waals surface area contributed by atoms with E-state index in [1.807, 2.05) is 6.92 Å². The molecule has 1 nitrogen and oxygen atoms in total. The molecule has 1 heterocycles. The highest BCUT2D eigenvalue weighted by Crippen LogP contribution is 2.44. The predicted molar refractivity (Wildman–Crippen MR) is 56.1 cm³/mol. The first-order chi connectivity index (χ1) is 7.46. The third-order valence-corrected chi connectivity index (χ3v) is 3.18. The lowest BCUT2D eigenvalue weighted by atomic mass is 9.87. The smallest absolute Gasteiger partial charge is 0.300 e. The second-order valence-corrected chi connectivity index (χ2v) is 4.30. The first kappa shape index (κ1) is 11.5. The predicted octanol–water partition coefficient (Wildman–Crippen LogP) is 3.14. The van der Waals surface area contributed by atoms with E-state index in [0.29, 0.717) is 18.5 Å². The Labute approximate surface area is 92.7 Å². The van der Waals surface area contributed by atoms with Gasteiger partial charge in [0.25, 0.3) is 0 Å². The molecular weight excluding hydrogens is 215 g/mol. The van der Waals surface area contributed by atoms with Crippen molar-refractivity contribution >= 4 is 0 Å². The van der Waals surface area contributed by atoms with Crippen LogP contribution in [0.5, 0.6) is 0 Å². The molecule has 0 unspecified atom stereocenters. The summed E-state index contributed by atoms with van der Waals surface area (Å²) in [5, 5.41) is 2.62. The fourth-order valence-corrected chi connectivity index (χ4v) is 2.23. The standard InChI is InChI=1S/C12H14F3N/c1-9-3-5-10(6-4-9)11(12(13,14)15)7-2-8-16-11/h3-6,16H,2,7-8H2,1H3/t11-/m0/s1. The van der Waals surface area contributed by atoms with Crippen LogP contribution in [0.4, 0.5) is 13.2 Å². The van der Waals surface area contributed by atoms with Crippen LogP contribution in [0.15, 0.2) is 24.3 Å². The van der Waals surface area contributed by atoms with E-state index in [1.54, 1.807) is 24.3 Å². The number of benzene rings is 1. The number of hydrogen-bond acceptors (Lipinski definition) is 1. The SMILES string of the molecule is Cc1ccc([C@]2(C(F)(F)F)CCCN2)cc1. The summed E-state index contributed by atoms with van der Waals surface area (Å²) in [5.41, 5.74) is -0.539. The minimum atomic E-state index is -4.24. The van der Waals surface area contributed by atoms with Gasteiger partial charge in [-0.3, -0.25) is 5.32 Å². The topological polar surface area (TPSA) is 12.0 Å². The zero-order valence-electron chi connectivity index (χ0n) is 9.06. The zero-order valence-corrected chi connectivity index (χ0v) is 9.06. The molecule has 0 spiro atoms. The van der Waals surface area contributed by atoms with Crippen molar-refractivity contribution in [2.45, 2.75) is 31.5 Å². The van der Waals surface area contributed by atoms with Crippen LogP contribution in [0.1, 0.15) is 24.0 Å². The molecule has 88 valence electrons. The monoisotopic (exact) mass is 229 g/mol. The van der Waals surface area contributed by atoms with Crippen molar-refractivity contribution in [1.82, 2.24) is 5.32 Å². The van der Waals surface area contributed by atoms with Crippen LogP contribution >= 0.6 is 0 Å². The van der Waals surface area contributed by atoms with Gasteiger partial charge in [-0.25, -0.2) is 0 Å². The zero-order chi connectivity index (χ0) is 11.8. The van der Waals surface area contributed by atoms with Gasteiger partial charge >= 0.3 is 6.18 Å². The van der Waals surface area contributed by atoms with Gasteiger partial charge in [-0.15, -0.1) is 0 Å². The summed E-state index contributed by atoms with van der Waals surface area (Å²) in [6.07, 6.45) is -3.55. The van der Waals surface area contributed by atoms with Gasteiger partial charge in [0.2, 0.25) is 0 Å². The van der Waals surface area contributed by atoms with E-state index in [2.05, 4.69) is 5.32 Å². The third kappa shape index (κ3) is 1.71. The maximum atomic E-state index is 13.1. The third-order valence-electron chi connectivity index (χ3n) is 3.18. The maximum Gasteiger partial charge on any atom is 0.410 e. The molecule has 0 aromatic heterocycles. The largest absolute Gasteiger partial charge is 0.410 e. The summed E-state index contributed by atoms with van der Waals surface area (Å²) in [7, 11) is 0. The van der Waals surface area contributed by atoms with E-state index in [0.717, 1.165) is 5.56 Å². The highest BCUT2D eigenvalue weighted by Gasteiger charge is 2.56. The first-order valence-electron chi connectivity index (χ1n) is 5.35. The van der Waals surface area contributed by atoms with Crippen LogP contribution in [0, 0.1) is 6.92 Å². The van der Waals surface area contributed by atoms with Crippen LogP contribution < -0.4 is 5.32 Å². The summed E-state index contributed by atoms with van der Waals surface area (Å²) in [4.78, 5) is 0. The lowest BCUT2D eigenvalue weighted by Crippen LogP contribution is -2.49. The number of alkyl halides is 3. The molecule has 0 radical (unpaired) electrons. The van der Waals surface area contributed by atoms with Crippen molar-refractivity contribution in [3.05, 3.63) is 35.4 Å². The molecule has 0 saturated carbocycles. The van der Waals surface area contributed by atoms with E-state index < -0.39 is 11.7 Å². The molecule has 1 aliphatic heterocycles. The van der Waals surface area contributed by atoms with E-state index in [-0.39, 0.29) is 6.42 Å². The summed E-state index contributed by atoms with van der Waals surface area (Å²) < 4.78 is 39.4. The normalized spacial score (nSPS) is 26.0. The Morgan fingerprint density at radius 3 is 2.25 bits per heavy atom. The Kier molecular flexibility index (Phi) is 2.70. The van der Waals surface area contributed by atoms with Gasteiger partial charge in [0.15, 0.2) is 0 Å². The van der Waals surface area contributed by atoms with Crippen molar-refractivity contribution < 1.29 is 13.2 Å². The molecule has 0 aliphatic carbocycles.